The van der Waals surface area contributed by atoms with E-state index in [0.29, 0.717) is 0 Å². The minimum atomic E-state index is -1.74. The molecule has 5 atom stereocenters. The molecule has 0 aliphatic carbocycles. The minimum absolute atomic E-state index is 0.271. The number of halogens is 1. The SMILES string of the molecule is C#CC1(Cl)[C@@H](O)[C@@H]([C@H](C)O)O[C@H]1n1c(C)cc(=O)[nH]c1=O. The number of nitrogens with zero attached hydrogens (tertiary/aromatic N) is 1. The third-order valence-electron chi connectivity index (χ3n) is 3.49. The molecule has 1 saturated heterocycles. The summed E-state index contributed by atoms with van der Waals surface area (Å²) in [5.74, 6) is 2.22. The van der Waals surface area contributed by atoms with Crippen molar-refractivity contribution in [3.8, 4) is 12.3 Å². The lowest BCUT2D eigenvalue weighted by Gasteiger charge is -2.26. The van der Waals surface area contributed by atoms with Crippen LogP contribution in [-0.4, -0.2) is 43.0 Å². The smallest absolute Gasteiger partial charge is 0.330 e. The Kier molecular flexibility index (Phi) is 4.00. The lowest BCUT2D eigenvalue weighted by molar-refractivity contribution is -0.0778. The predicted octanol–water partition coefficient (Wildman–Crippen LogP) is -0.905. The predicted molar refractivity (Wildman–Crippen MR) is 75.1 cm³/mol. The highest BCUT2D eigenvalue weighted by atomic mass is 35.5. The van der Waals surface area contributed by atoms with Crippen molar-refractivity contribution in [2.45, 2.75) is 43.3 Å². The Morgan fingerprint density at radius 3 is 2.71 bits per heavy atom. The summed E-state index contributed by atoms with van der Waals surface area (Å²) in [6, 6.07) is 1.18. The molecule has 1 unspecified atom stereocenters. The fourth-order valence-electron chi connectivity index (χ4n) is 2.40. The van der Waals surface area contributed by atoms with Crippen LogP contribution in [0.3, 0.4) is 0 Å². The summed E-state index contributed by atoms with van der Waals surface area (Å²) >= 11 is 6.25. The quantitative estimate of drug-likeness (QED) is 0.484. The molecule has 8 heteroatoms. The molecule has 0 bridgehead atoms. The Labute approximate surface area is 125 Å². The highest BCUT2D eigenvalue weighted by molar-refractivity contribution is 6.27. The first-order valence-electron chi connectivity index (χ1n) is 6.23. The summed E-state index contributed by atoms with van der Waals surface area (Å²) in [5, 5.41) is 19.8. The number of alkyl halides is 1. The maximum Gasteiger partial charge on any atom is 0.330 e. The van der Waals surface area contributed by atoms with Crippen LogP contribution in [0.1, 0.15) is 18.8 Å². The van der Waals surface area contributed by atoms with E-state index in [1.165, 1.54) is 19.9 Å². The number of aliphatic hydroxyl groups is 2. The van der Waals surface area contributed by atoms with Gasteiger partial charge in [0.05, 0.1) is 6.10 Å². The van der Waals surface area contributed by atoms with Crippen LogP contribution in [0.25, 0.3) is 0 Å². The Hall–Kier alpha value is -1.59. The molecule has 1 aromatic heterocycles. The van der Waals surface area contributed by atoms with E-state index in [0.717, 1.165) is 4.57 Å². The van der Waals surface area contributed by atoms with Gasteiger partial charge in [-0.3, -0.25) is 14.3 Å². The van der Waals surface area contributed by atoms with E-state index in [4.69, 9.17) is 22.8 Å². The van der Waals surface area contributed by atoms with Gasteiger partial charge in [0.25, 0.3) is 5.56 Å². The number of rotatable bonds is 2. The van der Waals surface area contributed by atoms with Gasteiger partial charge >= 0.3 is 5.69 Å². The first-order valence-corrected chi connectivity index (χ1v) is 6.61. The number of aliphatic hydroxyl groups excluding tert-OH is 2. The lowest BCUT2D eigenvalue weighted by Crippen LogP contribution is -2.45. The molecule has 1 aromatic rings. The monoisotopic (exact) mass is 314 g/mol. The van der Waals surface area contributed by atoms with Crippen molar-refractivity contribution in [2.24, 2.45) is 0 Å². The Morgan fingerprint density at radius 1 is 1.62 bits per heavy atom. The normalized spacial score (nSPS) is 33.6. The number of nitrogens with one attached hydrogen (secondary N) is 1. The molecule has 1 fully saturated rings. The van der Waals surface area contributed by atoms with Crippen LogP contribution in [-0.2, 0) is 4.74 Å². The average Bonchev–Trinajstić information content (AvgIpc) is 2.63. The number of aromatic amines is 1. The summed E-state index contributed by atoms with van der Waals surface area (Å²) in [4.78, 5) is 23.6. The zero-order chi connectivity index (χ0) is 15.9. The average molecular weight is 315 g/mol. The topological polar surface area (TPSA) is 105 Å². The van der Waals surface area contributed by atoms with Crippen LogP contribution in [0.4, 0.5) is 0 Å². The first kappa shape index (κ1) is 15.8. The second kappa shape index (κ2) is 5.31. The van der Waals surface area contributed by atoms with Crippen LogP contribution >= 0.6 is 11.6 Å². The van der Waals surface area contributed by atoms with Gasteiger partial charge in [0, 0.05) is 11.8 Å². The summed E-state index contributed by atoms with van der Waals surface area (Å²) in [5.41, 5.74) is -1.06. The van der Waals surface area contributed by atoms with Crippen molar-refractivity contribution < 1.29 is 14.9 Å². The van der Waals surface area contributed by atoms with E-state index in [1.54, 1.807) is 0 Å². The van der Waals surface area contributed by atoms with Crippen LogP contribution in [0.5, 0.6) is 0 Å². The molecule has 2 heterocycles. The lowest BCUT2D eigenvalue weighted by atomic mass is 9.97. The van der Waals surface area contributed by atoms with Crippen LogP contribution in [0.2, 0.25) is 0 Å². The van der Waals surface area contributed by atoms with Gasteiger partial charge in [-0.1, -0.05) is 17.5 Å². The van der Waals surface area contributed by atoms with Crippen LogP contribution in [0.15, 0.2) is 15.7 Å². The molecule has 3 N–H and O–H groups in total. The summed E-state index contributed by atoms with van der Waals surface area (Å²) in [7, 11) is 0. The Morgan fingerprint density at radius 2 is 2.24 bits per heavy atom. The fourth-order valence-corrected chi connectivity index (χ4v) is 2.68. The molecule has 0 aromatic carbocycles. The molecule has 21 heavy (non-hydrogen) atoms. The number of hydrogen-bond acceptors (Lipinski definition) is 5. The Balaban J connectivity index is 2.61. The third kappa shape index (κ3) is 2.40. The highest BCUT2D eigenvalue weighted by Crippen LogP contribution is 2.43. The minimum Gasteiger partial charge on any atom is -0.391 e. The van der Waals surface area contributed by atoms with Gasteiger partial charge in [-0.2, -0.15) is 0 Å². The van der Waals surface area contributed by atoms with E-state index in [9.17, 15) is 19.8 Å². The number of hydrogen-bond donors (Lipinski definition) is 3. The number of H-pyrrole nitrogens is 1. The third-order valence-corrected chi connectivity index (χ3v) is 4.01. The molecule has 1 aliphatic rings. The molecule has 0 saturated carbocycles. The maximum atomic E-state index is 12.0. The molecule has 0 amide bonds. The van der Waals surface area contributed by atoms with Crippen molar-refractivity contribution in [1.82, 2.24) is 9.55 Å². The van der Waals surface area contributed by atoms with Gasteiger partial charge in [0.15, 0.2) is 11.1 Å². The largest absolute Gasteiger partial charge is 0.391 e. The van der Waals surface area contributed by atoms with Gasteiger partial charge in [-0.25, -0.2) is 4.79 Å². The van der Waals surface area contributed by atoms with E-state index in [2.05, 4.69) is 10.9 Å². The number of aryl methyl sites for hydroxylation is 1. The number of aromatic nitrogens is 2. The Bertz CT molecular complexity index is 704. The molecule has 0 radical (unpaired) electrons. The standard InChI is InChI=1S/C13H15ClN2O5/c1-4-13(14)10(19)9(7(3)17)21-11(13)16-6(2)5-8(18)15-12(16)20/h1,5,7,9-11,17,19H,2-3H3,(H,15,18,20)/t7-,9+,10-,11+,13?/m0/s1. The summed E-state index contributed by atoms with van der Waals surface area (Å²) in [6.07, 6.45) is 0.686. The molecule has 0 spiro atoms. The van der Waals surface area contributed by atoms with E-state index in [-0.39, 0.29) is 5.69 Å². The molecule has 7 nitrogen and oxygen atoms in total. The van der Waals surface area contributed by atoms with Gasteiger partial charge < -0.3 is 14.9 Å². The van der Waals surface area contributed by atoms with Crippen molar-refractivity contribution in [1.29, 1.82) is 0 Å². The number of terminal acetylenes is 1. The van der Waals surface area contributed by atoms with Gasteiger partial charge in [-0.15, -0.1) is 6.42 Å². The maximum absolute atomic E-state index is 12.0. The molecule has 114 valence electrons. The van der Waals surface area contributed by atoms with Gasteiger partial charge in [-0.05, 0) is 13.8 Å². The second-order valence-corrected chi connectivity index (χ2v) is 5.63. The molecule has 2 rings (SSSR count). The van der Waals surface area contributed by atoms with Gasteiger partial charge in [0.1, 0.15) is 12.2 Å². The zero-order valence-electron chi connectivity index (χ0n) is 11.4. The first-order chi connectivity index (χ1) is 9.72. The second-order valence-electron chi connectivity index (χ2n) is 5.00. The fraction of sp³-hybridized carbons (Fsp3) is 0.538. The van der Waals surface area contributed by atoms with Crippen LogP contribution < -0.4 is 11.2 Å². The molecule has 1 aliphatic heterocycles. The van der Waals surface area contributed by atoms with E-state index >= 15 is 0 Å². The van der Waals surface area contributed by atoms with Crippen molar-refractivity contribution in [2.75, 3.05) is 0 Å². The van der Waals surface area contributed by atoms with Gasteiger partial charge in [0.2, 0.25) is 0 Å². The zero-order valence-corrected chi connectivity index (χ0v) is 12.2. The summed E-state index contributed by atoms with van der Waals surface area (Å²) < 4.78 is 6.55. The summed E-state index contributed by atoms with van der Waals surface area (Å²) in [6.45, 7) is 2.92. The van der Waals surface area contributed by atoms with Crippen molar-refractivity contribution in [3.63, 3.8) is 0 Å². The molecular weight excluding hydrogens is 300 g/mol. The number of ether oxygens (including phenoxy) is 1. The van der Waals surface area contributed by atoms with Crippen molar-refractivity contribution in [3.05, 3.63) is 32.6 Å². The molecular formula is C13H15ClN2O5. The van der Waals surface area contributed by atoms with E-state index in [1.807, 2.05) is 0 Å². The highest BCUT2D eigenvalue weighted by Gasteiger charge is 2.57. The van der Waals surface area contributed by atoms with Crippen molar-refractivity contribution >= 4 is 11.6 Å². The van der Waals surface area contributed by atoms with Crippen LogP contribution in [0, 0.1) is 19.3 Å². The van der Waals surface area contributed by atoms with E-state index < -0.39 is 40.7 Å².